The number of rotatable bonds is 0. The van der Waals surface area contributed by atoms with Gasteiger partial charge in [0, 0.05) is 8.66 Å². The van der Waals surface area contributed by atoms with Crippen molar-refractivity contribution in [1.82, 2.24) is 0 Å². The van der Waals surface area contributed by atoms with Crippen LogP contribution in [-0.2, 0) is 9.47 Å². The van der Waals surface area contributed by atoms with Crippen molar-refractivity contribution in [2.75, 3.05) is 13.2 Å². The molecule has 52 valence electrons. The largest absolute Gasteiger partial charge is 0.390 e. The molecule has 0 unspecified atom stereocenters. The zero-order valence-electron chi connectivity index (χ0n) is 9.63. The molecule has 2 heterocycles. The molecule has 0 amide bonds. The van der Waals surface area contributed by atoms with Crippen molar-refractivity contribution in [2.24, 2.45) is 5.92 Å². The molecule has 0 aliphatic carbocycles. The number of hydrogen-bond acceptors (Lipinski definition) is 3. The van der Waals surface area contributed by atoms with Crippen molar-refractivity contribution in [2.45, 2.75) is 18.7 Å². The predicted molar refractivity (Wildman–Crippen MR) is 29.8 cm³/mol. The Hall–Kier alpha value is -0.120. The molecule has 1 N–H and O–H groups in total. The van der Waals surface area contributed by atoms with Crippen LogP contribution in [0.3, 0.4) is 0 Å². The van der Waals surface area contributed by atoms with E-state index < -0.39 is 31.2 Å². The first-order valence-electron chi connectivity index (χ1n) is 5.23. The minimum atomic E-state index is -2.61. The van der Waals surface area contributed by atoms with Gasteiger partial charge in [0.1, 0.15) is 0 Å². The van der Waals surface area contributed by atoms with Gasteiger partial charge in [0.15, 0.2) is 6.27 Å². The Morgan fingerprint density at radius 2 is 2.56 bits per heavy atom. The van der Waals surface area contributed by atoms with Crippen LogP contribution in [0.15, 0.2) is 0 Å². The second-order valence-electron chi connectivity index (χ2n) is 2.02. The fourth-order valence-electron chi connectivity index (χ4n) is 0.902. The van der Waals surface area contributed by atoms with Gasteiger partial charge < -0.3 is 14.6 Å². The molecule has 0 spiro atoms. The maximum absolute atomic E-state index is 9.40. The highest BCUT2D eigenvalue weighted by Gasteiger charge is 2.40. The lowest BCUT2D eigenvalue weighted by atomic mass is 10.0. The first-order valence-corrected chi connectivity index (χ1v) is 2.73. The highest BCUT2D eigenvalue weighted by molar-refractivity contribution is 4.81. The third kappa shape index (κ3) is 0.764. The molecule has 0 bridgehead atoms. The molecule has 3 atom stereocenters. The van der Waals surface area contributed by atoms with E-state index in [2.05, 4.69) is 4.74 Å². The van der Waals surface area contributed by atoms with Crippen LogP contribution >= 0.6 is 0 Å². The van der Waals surface area contributed by atoms with Gasteiger partial charge in [-0.3, -0.25) is 0 Å². The van der Waals surface area contributed by atoms with Crippen molar-refractivity contribution in [3.8, 4) is 0 Å². The van der Waals surface area contributed by atoms with E-state index in [1.54, 1.807) is 0 Å². The van der Waals surface area contributed by atoms with Gasteiger partial charge in [-0.1, -0.05) is 0 Å². The summed E-state index contributed by atoms with van der Waals surface area (Å²) in [4.78, 5) is 0. The molecular weight excluding hydrogens is 120 g/mol. The minimum absolute atomic E-state index is 0.205. The van der Waals surface area contributed by atoms with Crippen LogP contribution in [0.1, 0.15) is 13.2 Å². The maximum Gasteiger partial charge on any atom is 0.163 e. The zero-order valence-corrected chi connectivity index (χ0v) is 4.63. The topological polar surface area (TPSA) is 38.7 Å². The third-order valence-electron chi connectivity index (χ3n) is 1.40. The predicted octanol–water partition coefficient (Wildman–Crippen LogP) is -0.260. The number of fused-ring (bicyclic) bond motifs is 1. The van der Waals surface area contributed by atoms with Crippen LogP contribution in [0, 0.1) is 5.92 Å². The van der Waals surface area contributed by atoms with E-state index in [1.165, 1.54) is 0 Å². The van der Waals surface area contributed by atoms with Gasteiger partial charge in [0.25, 0.3) is 0 Å². The number of aliphatic hydroxyl groups excluding tert-OH is 1. The smallest absolute Gasteiger partial charge is 0.163 e. The van der Waals surface area contributed by atoms with Gasteiger partial charge in [0.2, 0.25) is 0 Å². The average Bonchev–Trinajstić information content (AvgIpc) is 2.31. The Kier molecular flexibility index (Phi) is 0.536. The second kappa shape index (κ2) is 1.94. The van der Waals surface area contributed by atoms with Gasteiger partial charge in [-0.05, 0) is 6.37 Å². The van der Waals surface area contributed by atoms with Crippen molar-refractivity contribution < 1.29 is 21.4 Å². The summed E-state index contributed by atoms with van der Waals surface area (Å²) in [5.74, 6) is -1.31. The molecule has 0 aromatic heterocycles. The molecule has 2 fully saturated rings. The van der Waals surface area contributed by atoms with Gasteiger partial charge in [-0.15, -0.1) is 0 Å². The standard InChI is InChI=1S/C6H10O3/c7-5-3-9-6-4(5)1-2-8-6/h4-7H,1-3H2/t4-,5+,6+/m0/s1/i1D2,2D2,6D. The van der Waals surface area contributed by atoms with Crippen molar-refractivity contribution in [3.63, 3.8) is 0 Å². The second-order valence-corrected chi connectivity index (χ2v) is 2.02. The fourth-order valence-corrected chi connectivity index (χ4v) is 0.902. The summed E-state index contributed by atoms with van der Waals surface area (Å²) in [6, 6.07) is 0. The molecule has 0 aromatic carbocycles. The van der Waals surface area contributed by atoms with Crippen molar-refractivity contribution in [3.05, 3.63) is 0 Å². The van der Waals surface area contributed by atoms with Crippen molar-refractivity contribution in [1.29, 1.82) is 0 Å². The molecule has 2 rings (SSSR count). The molecule has 2 aliphatic heterocycles. The molecule has 3 nitrogen and oxygen atoms in total. The summed E-state index contributed by atoms with van der Waals surface area (Å²) in [6.45, 7) is -2.81. The van der Waals surface area contributed by atoms with E-state index in [0.29, 0.717) is 0 Å². The first-order chi connectivity index (χ1) is 6.21. The molecule has 9 heavy (non-hydrogen) atoms. The van der Waals surface area contributed by atoms with Crippen LogP contribution in [0.2, 0.25) is 0 Å². The Balaban J connectivity index is 2.43. The van der Waals surface area contributed by atoms with E-state index in [9.17, 15) is 5.11 Å². The van der Waals surface area contributed by atoms with Crippen LogP contribution in [0.25, 0.3) is 0 Å². The summed E-state index contributed by atoms with van der Waals surface area (Å²) >= 11 is 0. The van der Waals surface area contributed by atoms with Crippen LogP contribution in [-0.4, -0.2) is 30.6 Å². The quantitative estimate of drug-likeness (QED) is 0.497. The normalized spacial score (nSPS) is 77.2. The number of hydrogen-bond donors (Lipinski definition) is 1. The Bertz CT molecular complexity index is 270. The molecule has 0 radical (unpaired) electrons. The lowest BCUT2D eigenvalue weighted by molar-refractivity contribution is -0.0907. The minimum Gasteiger partial charge on any atom is -0.390 e. The third-order valence-corrected chi connectivity index (χ3v) is 1.40. The average molecular weight is 135 g/mol. The van der Waals surface area contributed by atoms with Gasteiger partial charge in [-0.25, -0.2) is 0 Å². The first kappa shape index (κ1) is 2.49. The van der Waals surface area contributed by atoms with E-state index >= 15 is 0 Å². The number of ether oxygens (including phenoxy) is 2. The summed E-state index contributed by atoms with van der Waals surface area (Å²) in [5, 5.41) is 9.40. The maximum atomic E-state index is 9.40. The lowest BCUT2D eigenvalue weighted by Crippen LogP contribution is -2.18. The number of aliphatic hydroxyl groups is 1. The highest BCUT2D eigenvalue weighted by Crippen LogP contribution is 2.30. The molecular formula is C6H10O3. The monoisotopic (exact) mass is 135 g/mol. The molecule has 2 saturated heterocycles. The summed E-state index contributed by atoms with van der Waals surface area (Å²) in [6.07, 6.45) is -5.74. The molecule has 2 aliphatic rings. The van der Waals surface area contributed by atoms with E-state index in [0.717, 1.165) is 0 Å². The molecule has 0 saturated carbocycles. The van der Waals surface area contributed by atoms with Gasteiger partial charge >= 0.3 is 0 Å². The summed E-state index contributed by atoms with van der Waals surface area (Å²) in [5.41, 5.74) is 0. The van der Waals surface area contributed by atoms with E-state index in [-0.39, 0.29) is 6.61 Å². The fraction of sp³-hybridized carbons (Fsp3) is 1.00. The Labute approximate surface area is 60.6 Å². The van der Waals surface area contributed by atoms with Crippen LogP contribution in [0.4, 0.5) is 0 Å². The van der Waals surface area contributed by atoms with E-state index in [4.69, 9.17) is 11.6 Å². The van der Waals surface area contributed by atoms with Crippen LogP contribution < -0.4 is 0 Å². The Morgan fingerprint density at radius 1 is 1.67 bits per heavy atom. The van der Waals surface area contributed by atoms with Crippen LogP contribution in [0.5, 0.6) is 0 Å². The highest BCUT2D eigenvalue weighted by atomic mass is 16.7. The van der Waals surface area contributed by atoms with Gasteiger partial charge in [-0.2, -0.15) is 0 Å². The zero-order chi connectivity index (χ0) is 10.8. The van der Waals surface area contributed by atoms with Gasteiger partial charge in [0.05, 0.1) is 23.4 Å². The Morgan fingerprint density at radius 3 is 3.33 bits per heavy atom. The molecule has 3 heteroatoms. The summed E-state index contributed by atoms with van der Waals surface area (Å²) < 4.78 is 46.4. The van der Waals surface area contributed by atoms with E-state index in [1.807, 2.05) is 0 Å². The van der Waals surface area contributed by atoms with Crippen molar-refractivity contribution >= 4 is 0 Å². The lowest BCUT2D eigenvalue weighted by Gasteiger charge is -2.06. The summed E-state index contributed by atoms with van der Waals surface area (Å²) in [7, 11) is 0. The SMILES string of the molecule is [2H]C1([2H])O[C@]2([2H])OC[C@@H](O)[C@@H]2C1([2H])[2H]. The molecule has 0 aromatic rings.